The summed E-state index contributed by atoms with van der Waals surface area (Å²) in [6.45, 7) is 0. The second kappa shape index (κ2) is 11.0. The fourth-order valence-electron chi connectivity index (χ4n) is 5.94. The molecule has 0 aliphatic rings. The van der Waals surface area contributed by atoms with Gasteiger partial charge in [0.05, 0.1) is 0 Å². The molecule has 0 aliphatic carbocycles. The van der Waals surface area contributed by atoms with E-state index in [1.807, 2.05) is 60.7 Å². The lowest BCUT2D eigenvalue weighted by molar-refractivity contribution is 1.07. The third-order valence-electron chi connectivity index (χ3n) is 8.08. The van der Waals surface area contributed by atoms with Crippen LogP contribution in [0.1, 0.15) is 0 Å². The maximum atomic E-state index is 5.06. The molecule has 0 saturated heterocycles. The predicted octanol–water partition coefficient (Wildman–Crippen LogP) is 10.5. The molecule has 0 radical (unpaired) electrons. The van der Waals surface area contributed by atoms with Crippen molar-refractivity contribution >= 4 is 21.5 Å². The van der Waals surface area contributed by atoms with Crippen LogP contribution in [-0.2, 0) is 0 Å². The van der Waals surface area contributed by atoms with Crippen LogP contribution < -0.4 is 0 Å². The summed E-state index contributed by atoms with van der Waals surface area (Å²) in [4.78, 5) is 15.0. The monoisotopic (exact) mass is 561 g/mol. The summed E-state index contributed by atoms with van der Waals surface area (Å²) in [5, 5.41) is 4.92. The van der Waals surface area contributed by atoms with Crippen LogP contribution in [0.4, 0.5) is 0 Å². The van der Waals surface area contributed by atoms with Crippen molar-refractivity contribution in [2.24, 2.45) is 0 Å². The maximum Gasteiger partial charge on any atom is 0.164 e. The number of nitrogens with zero attached hydrogens (tertiary/aromatic N) is 3. The molecule has 7 aromatic carbocycles. The molecule has 44 heavy (non-hydrogen) atoms. The fraction of sp³-hybridized carbons (Fsp3) is 0. The molecular weight excluding hydrogens is 534 g/mol. The highest BCUT2D eigenvalue weighted by atomic mass is 15.0. The van der Waals surface area contributed by atoms with Gasteiger partial charge in [0.25, 0.3) is 0 Å². The van der Waals surface area contributed by atoms with Gasteiger partial charge < -0.3 is 0 Å². The third-order valence-corrected chi connectivity index (χ3v) is 8.08. The minimum absolute atomic E-state index is 0.641. The average molecular weight is 562 g/mol. The van der Waals surface area contributed by atoms with Gasteiger partial charge in [-0.15, -0.1) is 0 Å². The van der Waals surface area contributed by atoms with Gasteiger partial charge in [-0.25, -0.2) is 15.0 Å². The van der Waals surface area contributed by atoms with Gasteiger partial charge in [-0.3, -0.25) is 0 Å². The van der Waals surface area contributed by atoms with E-state index in [9.17, 15) is 0 Å². The van der Waals surface area contributed by atoms with E-state index in [4.69, 9.17) is 15.0 Å². The zero-order chi connectivity index (χ0) is 29.3. The quantitative estimate of drug-likeness (QED) is 0.196. The van der Waals surface area contributed by atoms with Crippen LogP contribution in [0.2, 0.25) is 0 Å². The number of hydrogen-bond donors (Lipinski definition) is 0. The second-order valence-corrected chi connectivity index (χ2v) is 10.9. The van der Waals surface area contributed by atoms with Crippen LogP contribution in [-0.4, -0.2) is 15.0 Å². The Bertz CT molecular complexity index is 2200. The Morgan fingerprint density at radius 3 is 1.32 bits per heavy atom. The highest BCUT2D eigenvalue weighted by Gasteiger charge is 2.16. The van der Waals surface area contributed by atoms with Crippen LogP contribution >= 0.6 is 0 Å². The van der Waals surface area contributed by atoms with E-state index < -0.39 is 0 Å². The van der Waals surface area contributed by atoms with E-state index in [-0.39, 0.29) is 0 Å². The minimum atomic E-state index is 0.641. The molecule has 0 aliphatic heterocycles. The van der Waals surface area contributed by atoms with Crippen molar-refractivity contribution < 1.29 is 0 Å². The maximum absolute atomic E-state index is 5.06. The SMILES string of the molecule is c1ccc(-c2cc(-c3nc(-c4ccccc4)nc(-c4ccccc4)n3)cc(-c3cc4ccccc4c4ccccc34)c2)cc1. The van der Waals surface area contributed by atoms with Gasteiger partial charge in [0, 0.05) is 16.7 Å². The Kier molecular flexibility index (Phi) is 6.47. The van der Waals surface area contributed by atoms with Gasteiger partial charge in [0.2, 0.25) is 0 Å². The number of rotatable bonds is 5. The van der Waals surface area contributed by atoms with Crippen LogP contribution in [0.25, 0.3) is 78.0 Å². The first-order chi connectivity index (χ1) is 21.8. The Morgan fingerprint density at radius 2 is 0.705 bits per heavy atom. The summed E-state index contributed by atoms with van der Waals surface area (Å²) in [7, 11) is 0. The van der Waals surface area contributed by atoms with Gasteiger partial charge in [0.1, 0.15) is 0 Å². The Hall–Kier alpha value is -5.93. The summed E-state index contributed by atoms with van der Waals surface area (Å²) in [6.07, 6.45) is 0. The lowest BCUT2D eigenvalue weighted by Gasteiger charge is -2.15. The first-order valence-electron chi connectivity index (χ1n) is 14.8. The summed E-state index contributed by atoms with van der Waals surface area (Å²) in [6, 6.07) is 57.0. The molecule has 0 spiro atoms. The van der Waals surface area contributed by atoms with Crippen molar-refractivity contribution in [3.05, 3.63) is 164 Å². The molecule has 0 bridgehead atoms. The van der Waals surface area contributed by atoms with Gasteiger partial charge in [0.15, 0.2) is 17.5 Å². The Balaban J connectivity index is 1.41. The Morgan fingerprint density at radius 1 is 0.273 bits per heavy atom. The smallest absolute Gasteiger partial charge is 0.164 e. The molecule has 1 aromatic heterocycles. The molecule has 0 N–H and O–H groups in total. The second-order valence-electron chi connectivity index (χ2n) is 10.9. The molecular formula is C41H27N3. The van der Waals surface area contributed by atoms with Crippen LogP contribution in [0, 0.1) is 0 Å². The molecule has 0 fully saturated rings. The third kappa shape index (κ3) is 4.81. The average Bonchev–Trinajstić information content (AvgIpc) is 3.12. The summed E-state index contributed by atoms with van der Waals surface area (Å²) >= 11 is 0. The number of fused-ring (bicyclic) bond motifs is 3. The summed E-state index contributed by atoms with van der Waals surface area (Å²) in [5.41, 5.74) is 7.39. The highest BCUT2D eigenvalue weighted by molar-refractivity contribution is 6.14. The lowest BCUT2D eigenvalue weighted by atomic mass is 9.90. The van der Waals surface area contributed by atoms with Gasteiger partial charge in [-0.2, -0.15) is 0 Å². The van der Waals surface area contributed by atoms with Crippen LogP contribution in [0.5, 0.6) is 0 Å². The minimum Gasteiger partial charge on any atom is -0.208 e. The van der Waals surface area contributed by atoms with Crippen molar-refractivity contribution in [2.75, 3.05) is 0 Å². The van der Waals surface area contributed by atoms with E-state index in [2.05, 4.69) is 103 Å². The molecule has 8 aromatic rings. The van der Waals surface area contributed by atoms with Crippen molar-refractivity contribution in [1.29, 1.82) is 0 Å². The molecule has 0 atom stereocenters. The van der Waals surface area contributed by atoms with E-state index in [0.29, 0.717) is 17.5 Å². The van der Waals surface area contributed by atoms with Crippen molar-refractivity contribution in [2.45, 2.75) is 0 Å². The van der Waals surface area contributed by atoms with Crippen LogP contribution in [0.15, 0.2) is 164 Å². The van der Waals surface area contributed by atoms with Gasteiger partial charge in [-0.05, 0) is 68.1 Å². The Labute approximate surface area is 256 Å². The first-order valence-corrected chi connectivity index (χ1v) is 14.8. The van der Waals surface area contributed by atoms with E-state index in [0.717, 1.165) is 33.4 Å². The summed E-state index contributed by atoms with van der Waals surface area (Å²) in [5.74, 6) is 1.94. The zero-order valence-electron chi connectivity index (χ0n) is 23.9. The zero-order valence-corrected chi connectivity index (χ0v) is 23.9. The number of hydrogen-bond acceptors (Lipinski definition) is 3. The first kappa shape index (κ1) is 25.8. The van der Waals surface area contributed by atoms with Gasteiger partial charge >= 0.3 is 0 Å². The highest BCUT2D eigenvalue weighted by Crippen LogP contribution is 2.39. The molecule has 8 rings (SSSR count). The van der Waals surface area contributed by atoms with Crippen LogP contribution in [0.3, 0.4) is 0 Å². The topological polar surface area (TPSA) is 38.7 Å². The molecule has 3 nitrogen and oxygen atoms in total. The number of aromatic nitrogens is 3. The van der Waals surface area contributed by atoms with Crippen molar-refractivity contribution in [3.63, 3.8) is 0 Å². The molecule has 3 heteroatoms. The largest absolute Gasteiger partial charge is 0.208 e. The van der Waals surface area contributed by atoms with E-state index >= 15 is 0 Å². The molecule has 206 valence electrons. The molecule has 0 amide bonds. The van der Waals surface area contributed by atoms with E-state index in [1.54, 1.807) is 0 Å². The molecule has 0 saturated carbocycles. The van der Waals surface area contributed by atoms with Crippen molar-refractivity contribution in [3.8, 4) is 56.4 Å². The van der Waals surface area contributed by atoms with Crippen molar-refractivity contribution in [1.82, 2.24) is 15.0 Å². The molecule has 1 heterocycles. The lowest BCUT2D eigenvalue weighted by Crippen LogP contribution is -2.00. The predicted molar refractivity (Wildman–Crippen MR) is 182 cm³/mol. The van der Waals surface area contributed by atoms with Gasteiger partial charge in [-0.1, -0.05) is 140 Å². The number of benzene rings is 7. The molecule has 0 unspecified atom stereocenters. The summed E-state index contributed by atoms with van der Waals surface area (Å²) < 4.78 is 0. The standard InChI is InChI=1S/C41H27N3/c1-4-14-28(15-5-1)32-24-33(38-27-31-20-10-11-21-35(31)36-22-12-13-23-37(36)38)26-34(25-32)41-43-39(29-16-6-2-7-17-29)42-40(44-41)30-18-8-3-9-19-30/h1-27H. The van der Waals surface area contributed by atoms with E-state index in [1.165, 1.54) is 27.1 Å². The normalized spacial score (nSPS) is 11.2. The fourth-order valence-corrected chi connectivity index (χ4v) is 5.94.